The zero-order valence-electron chi connectivity index (χ0n) is 18.6. The molecule has 0 unspecified atom stereocenters. The van der Waals surface area contributed by atoms with Crippen molar-refractivity contribution < 1.29 is 23.8 Å². The van der Waals surface area contributed by atoms with Gasteiger partial charge in [0.25, 0.3) is 5.91 Å². The molecule has 3 rings (SSSR count). The zero-order chi connectivity index (χ0) is 23.4. The summed E-state index contributed by atoms with van der Waals surface area (Å²) in [5.74, 6) is -1.88. The van der Waals surface area contributed by atoms with Gasteiger partial charge in [-0.05, 0) is 43.0 Å². The number of rotatable bonds is 8. The predicted molar refractivity (Wildman–Crippen MR) is 118 cm³/mol. The van der Waals surface area contributed by atoms with Crippen LogP contribution in [-0.4, -0.2) is 24.5 Å². The van der Waals surface area contributed by atoms with Gasteiger partial charge in [-0.1, -0.05) is 44.2 Å². The Bertz CT molecular complexity index is 1200. The van der Waals surface area contributed by atoms with Crippen molar-refractivity contribution >= 4 is 22.8 Å². The molecule has 1 aromatic heterocycles. The molecule has 1 amide bonds. The lowest BCUT2D eigenvalue weighted by molar-refractivity contribution is -0.309. The molecule has 0 fully saturated rings. The van der Waals surface area contributed by atoms with E-state index in [2.05, 4.69) is 5.32 Å². The Morgan fingerprint density at radius 3 is 2.38 bits per heavy atom. The normalized spacial score (nSPS) is 12.0. The quantitative estimate of drug-likeness (QED) is 0.543. The highest BCUT2D eigenvalue weighted by molar-refractivity contribution is 5.86. The first-order valence-electron chi connectivity index (χ1n) is 10.4. The smallest absolute Gasteiger partial charge is 0.340 e. The van der Waals surface area contributed by atoms with Gasteiger partial charge in [-0.3, -0.25) is 4.79 Å². The molecule has 2 aromatic carbocycles. The van der Waals surface area contributed by atoms with Crippen LogP contribution in [0.4, 0.5) is 0 Å². The van der Waals surface area contributed by atoms with Crippen molar-refractivity contribution in [1.29, 1.82) is 0 Å². The van der Waals surface area contributed by atoms with Gasteiger partial charge in [0.15, 0.2) is 6.61 Å². The first-order valence-corrected chi connectivity index (χ1v) is 10.4. The van der Waals surface area contributed by atoms with Gasteiger partial charge in [0.2, 0.25) is 0 Å². The van der Waals surface area contributed by atoms with E-state index in [0.717, 1.165) is 16.5 Å². The van der Waals surface area contributed by atoms with E-state index < -0.39 is 23.5 Å². The average molecular weight is 436 g/mol. The molecule has 1 heterocycles. The number of hydrogen-bond acceptors (Lipinski definition) is 6. The molecule has 0 bridgehead atoms. The van der Waals surface area contributed by atoms with Crippen LogP contribution in [0.15, 0.2) is 51.7 Å². The fourth-order valence-corrected chi connectivity index (χ4v) is 3.59. The Morgan fingerprint density at radius 2 is 1.75 bits per heavy atom. The summed E-state index contributed by atoms with van der Waals surface area (Å²) >= 11 is 0. The number of aryl methyl sites for hydroxylation is 2. The molecule has 168 valence electrons. The minimum Gasteiger partial charge on any atom is -0.548 e. The average Bonchev–Trinajstić information content (AvgIpc) is 2.75. The van der Waals surface area contributed by atoms with Crippen LogP contribution in [-0.2, 0) is 16.0 Å². The Kier molecular flexibility index (Phi) is 6.98. The van der Waals surface area contributed by atoms with Crippen molar-refractivity contribution in [1.82, 2.24) is 5.32 Å². The number of fused-ring (bicyclic) bond motifs is 1. The Balaban J connectivity index is 1.83. The Morgan fingerprint density at radius 1 is 1.06 bits per heavy atom. The van der Waals surface area contributed by atoms with E-state index in [1.807, 2.05) is 37.3 Å². The van der Waals surface area contributed by atoms with E-state index in [9.17, 15) is 19.5 Å². The number of nitrogens with one attached hydrogen (secondary N) is 1. The highest BCUT2D eigenvalue weighted by Gasteiger charge is 2.19. The number of aliphatic carboxylic acids is 1. The van der Waals surface area contributed by atoms with Crippen molar-refractivity contribution in [2.45, 2.75) is 40.2 Å². The lowest BCUT2D eigenvalue weighted by Crippen LogP contribution is -2.51. The van der Waals surface area contributed by atoms with E-state index in [4.69, 9.17) is 9.15 Å². The third-order valence-electron chi connectivity index (χ3n) is 5.47. The molecule has 32 heavy (non-hydrogen) atoms. The summed E-state index contributed by atoms with van der Waals surface area (Å²) in [6.45, 7) is 6.60. The van der Waals surface area contributed by atoms with Crippen LogP contribution < -0.4 is 20.8 Å². The van der Waals surface area contributed by atoms with Gasteiger partial charge in [0.05, 0.1) is 12.0 Å². The van der Waals surface area contributed by atoms with Crippen molar-refractivity contribution in [2.24, 2.45) is 5.92 Å². The number of carbonyl (C=O) groups excluding carboxylic acids is 2. The van der Waals surface area contributed by atoms with Gasteiger partial charge in [-0.25, -0.2) is 4.79 Å². The molecular weight excluding hydrogens is 410 g/mol. The van der Waals surface area contributed by atoms with Crippen LogP contribution >= 0.6 is 0 Å². The molecule has 0 spiro atoms. The largest absolute Gasteiger partial charge is 0.548 e. The highest BCUT2D eigenvalue weighted by Crippen LogP contribution is 2.30. The van der Waals surface area contributed by atoms with Gasteiger partial charge in [-0.15, -0.1) is 0 Å². The maximum atomic E-state index is 12.7. The Labute approximate surface area is 186 Å². The molecular formula is C25H26NO6-. The van der Waals surface area contributed by atoms with E-state index in [0.29, 0.717) is 28.9 Å². The predicted octanol–water partition coefficient (Wildman–Crippen LogP) is 2.27. The van der Waals surface area contributed by atoms with Gasteiger partial charge >= 0.3 is 5.63 Å². The summed E-state index contributed by atoms with van der Waals surface area (Å²) in [5.41, 5.74) is 3.02. The lowest BCUT2D eigenvalue weighted by Gasteiger charge is -2.23. The highest BCUT2D eigenvalue weighted by atomic mass is 16.5. The van der Waals surface area contributed by atoms with Crippen LogP contribution in [0, 0.1) is 19.8 Å². The van der Waals surface area contributed by atoms with Gasteiger partial charge in [0, 0.05) is 22.9 Å². The van der Waals surface area contributed by atoms with Crippen molar-refractivity contribution in [2.75, 3.05) is 6.61 Å². The minimum atomic E-state index is -1.35. The molecule has 1 atom stereocenters. The maximum absolute atomic E-state index is 12.7. The van der Waals surface area contributed by atoms with Crippen LogP contribution in [0.2, 0.25) is 0 Å². The van der Waals surface area contributed by atoms with E-state index >= 15 is 0 Å². The Hall–Kier alpha value is -3.61. The van der Waals surface area contributed by atoms with E-state index in [1.165, 1.54) is 0 Å². The van der Waals surface area contributed by atoms with Crippen molar-refractivity contribution in [3.05, 3.63) is 75.1 Å². The summed E-state index contributed by atoms with van der Waals surface area (Å²) in [6, 6.07) is 12.1. The van der Waals surface area contributed by atoms with Crippen LogP contribution in [0.3, 0.4) is 0 Å². The summed E-state index contributed by atoms with van der Waals surface area (Å²) < 4.78 is 11.2. The van der Waals surface area contributed by atoms with Gasteiger partial charge in [0.1, 0.15) is 11.3 Å². The SMILES string of the molecule is Cc1c(Cc2ccccc2)c(=O)oc2c(C)c(OCC(=O)N[C@H](C(=O)[O-])C(C)C)ccc12. The molecule has 3 aromatic rings. The number of carboxylic acid groups (broad SMARTS) is 1. The lowest BCUT2D eigenvalue weighted by atomic mass is 9.98. The number of hydrogen-bond donors (Lipinski definition) is 1. The third kappa shape index (κ3) is 4.99. The first-order chi connectivity index (χ1) is 15.2. The number of ether oxygens (including phenoxy) is 1. The van der Waals surface area contributed by atoms with Crippen LogP contribution in [0.25, 0.3) is 11.0 Å². The van der Waals surface area contributed by atoms with E-state index in [1.54, 1.807) is 32.9 Å². The maximum Gasteiger partial charge on any atom is 0.340 e. The molecule has 1 N–H and O–H groups in total. The van der Waals surface area contributed by atoms with Crippen molar-refractivity contribution in [3.8, 4) is 5.75 Å². The number of carbonyl (C=O) groups is 2. The second-order valence-electron chi connectivity index (χ2n) is 8.12. The minimum absolute atomic E-state index is 0.325. The molecule has 0 aliphatic heterocycles. The summed E-state index contributed by atoms with van der Waals surface area (Å²) in [7, 11) is 0. The molecule has 7 nitrogen and oxygen atoms in total. The van der Waals surface area contributed by atoms with Gasteiger partial charge in [-0.2, -0.15) is 0 Å². The van der Waals surface area contributed by atoms with Crippen molar-refractivity contribution in [3.63, 3.8) is 0 Å². The standard InChI is InChI=1S/C25H27NO6/c1-14(2)22(24(28)29)26-21(27)13-31-20-11-10-18-15(3)19(12-17-8-6-5-7-9-17)25(30)32-23(18)16(20)4/h5-11,14,22H,12-13H2,1-4H3,(H,26,27)(H,28,29)/p-1/t22-/m0/s1. The van der Waals surface area contributed by atoms with Crippen LogP contribution in [0.1, 0.15) is 36.1 Å². The molecule has 0 saturated carbocycles. The second kappa shape index (κ2) is 9.68. The molecule has 0 saturated heterocycles. The molecule has 0 radical (unpaired) electrons. The van der Waals surface area contributed by atoms with Crippen LogP contribution in [0.5, 0.6) is 5.75 Å². The first kappa shape index (κ1) is 23.1. The second-order valence-corrected chi connectivity index (χ2v) is 8.12. The molecule has 0 aliphatic rings. The molecule has 7 heteroatoms. The van der Waals surface area contributed by atoms with E-state index in [-0.39, 0.29) is 12.5 Å². The summed E-state index contributed by atoms with van der Waals surface area (Å²) in [4.78, 5) is 36.0. The fourth-order valence-electron chi connectivity index (χ4n) is 3.59. The topological polar surface area (TPSA) is 109 Å². The van der Waals surface area contributed by atoms with Gasteiger partial charge < -0.3 is 24.4 Å². The fraction of sp³-hybridized carbons (Fsp3) is 0.320. The number of carboxylic acids is 1. The monoisotopic (exact) mass is 436 g/mol. The summed E-state index contributed by atoms with van der Waals surface area (Å²) in [6.07, 6.45) is 0.470. The third-order valence-corrected chi connectivity index (χ3v) is 5.47. The zero-order valence-corrected chi connectivity index (χ0v) is 18.6. The number of amides is 1. The summed E-state index contributed by atoms with van der Waals surface area (Å²) in [5, 5.41) is 14.3. The number of benzene rings is 2. The molecule has 0 aliphatic carbocycles.